The van der Waals surface area contributed by atoms with E-state index in [1.807, 2.05) is 0 Å². The van der Waals surface area contributed by atoms with Gasteiger partial charge in [-0.2, -0.15) is 13.1 Å². The van der Waals surface area contributed by atoms with Gasteiger partial charge in [-0.15, -0.1) is 0 Å². The normalized spacial score (nSPS) is 11.1. The van der Waals surface area contributed by atoms with Gasteiger partial charge < -0.3 is 10.6 Å². The third kappa shape index (κ3) is 4.24. The van der Waals surface area contributed by atoms with Gasteiger partial charge in [-0.3, -0.25) is 14.4 Å². The first-order valence-corrected chi connectivity index (χ1v) is 9.83. The van der Waals surface area contributed by atoms with Crippen molar-refractivity contribution in [2.24, 2.45) is 0 Å². The van der Waals surface area contributed by atoms with Crippen molar-refractivity contribution in [3.63, 3.8) is 0 Å². The molecule has 0 aliphatic rings. The Labute approximate surface area is 165 Å². The molecule has 3 rings (SSSR count). The largest absolute Gasteiger partial charge is 0.329 e. The molecular formula is C18H17N5O5S. The minimum atomic E-state index is -4.10. The molecule has 2 amide bonds. The highest BCUT2D eigenvalue weighted by Crippen LogP contribution is 2.17. The number of benzene rings is 2. The first-order chi connectivity index (χ1) is 13.7. The number of anilines is 2. The van der Waals surface area contributed by atoms with Crippen LogP contribution in [0.3, 0.4) is 0 Å². The summed E-state index contributed by atoms with van der Waals surface area (Å²) in [5.41, 5.74) is 0.533. The maximum absolute atomic E-state index is 12.8. The standard InChI is InChI=1S/C18H17N5O5S/c1-11-20-17-8-5-14(19-10-24)9-16(17)18(26)23(11)22-29(27,28)15-6-3-13(4-7-15)21-12(2)25/h3-10,22H,1-2H3,(H,19,24)(H,21,25). The van der Waals surface area contributed by atoms with Crippen LogP contribution in [0, 0.1) is 6.92 Å². The second kappa shape index (κ2) is 7.72. The van der Waals surface area contributed by atoms with Crippen LogP contribution in [0.25, 0.3) is 10.9 Å². The van der Waals surface area contributed by atoms with Gasteiger partial charge in [0.05, 0.1) is 15.8 Å². The Bertz CT molecular complexity index is 1270. The van der Waals surface area contributed by atoms with Crippen LogP contribution >= 0.6 is 0 Å². The number of nitrogens with zero attached hydrogens (tertiary/aromatic N) is 2. The molecule has 0 aliphatic heterocycles. The number of fused-ring (bicyclic) bond motifs is 1. The van der Waals surface area contributed by atoms with Crippen LogP contribution < -0.4 is 21.0 Å². The SMILES string of the molecule is CC(=O)Nc1ccc(S(=O)(=O)Nn2c(C)nc3ccc(NC=O)cc3c2=O)cc1. The molecule has 0 saturated carbocycles. The van der Waals surface area contributed by atoms with Crippen LogP contribution in [0.4, 0.5) is 11.4 Å². The first-order valence-electron chi connectivity index (χ1n) is 8.35. The molecule has 1 aromatic heterocycles. The van der Waals surface area contributed by atoms with E-state index in [0.717, 1.165) is 4.68 Å². The molecule has 10 nitrogen and oxygen atoms in total. The van der Waals surface area contributed by atoms with E-state index in [1.54, 1.807) is 12.1 Å². The second-order valence-corrected chi connectivity index (χ2v) is 7.75. The number of amides is 2. The first kappa shape index (κ1) is 20.0. The molecule has 0 bridgehead atoms. The minimum absolute atomic E-state index is 0.102. The van der Waals surface area contributed by atoms with Crippen molar-refractivity contribution in [2.75, 3.05) is 15.5 Å². The second-order valence-electron chi connectivity index (χ2n) is 6.09. The summed E-state index contributed by atoms with van der Waals surface area (Å²) in [6, 6.07) is 10.0. The van der Waals surface area contributed by atoms with E-state index in [4.69, 9.17) is 0 Å². The summed E-state index contributed by atoms with van der Waals surface area (Å²) >= 11 is 0. The summed E-state index contributed by atoms with van der Waals surface area (Å²) < 4.78 is 26.2. The van der Waals surface area contributed by atoms with Crippen LogP contribution in [-0.4, -0.2) is 30.4 Å². The molecule has 3 aromatic rings. The molecule has 150 valence electrons. The van der Waals surface area contributed by atoms with E-state index in [1.165, 1.54) is 44.2 Å². The Hall–Kier alpha value is -3.73. The summed E-state index contributed by atoms with van der Waals surface area (Å²) in [5.74, 6) is -0.149. The average molecular weight is 415 g/mol. The summed E-state index contributed by atoms with van der Waals surface area (Å²) in [6.45, 7) is 2.82. The van der Waals surface area contributed by atoms with Crippen molar-refractivity contribution in [3.8, 4) is 0 Å². The third-order valence-electron chi connectivity index (χ3n) is 3.96. The molecule has 3 N–H and O–H groups in total. The number of sulfonamides is 1. The van der Waals surface area contributed by atoms with Gasteiger partial charge in [0.15, 0.2) is 0 Å². The van der Waals surface area contributed by atoms with E-state index >= 15 is 0 Å². The number of aryl methyl sites for hydroxylation is 1. The van der Waals surface area contributed by atoms with Gasteiger partial charge in [0.25, 0.3) is 15.6 Å². The third-order valence-corrected chi connectivity index (χ3v) is 5.27. The maximum Gasteiger partial charge on any atom is 0.280 e. The Morgan fingerprint density at radius 2 is 1.76 bits per heavy atom. The highest BCUT2D eigenvalue weighted by atomic mass is 32.2. The van der Waals surface area contributed by atoms with Gasteiger partial charge in [0, 0.05) is 18.3 Å². The van der Waals surface area contributed by atoms with Gasteiger partial charge >= 0.3 is 0 Å². The van der Waals surface area contributed by atoms with Crippen LogP contribution in [0.5, 0.6) is 0 Å². The number of carbonyl (C=O) groups excluding carboxylic acids is 2. The lowest BCUT2D eigenvalue weighted by Gasteiger charge is -2.14. The zero-order valence-corrected chi connectivity index (χ0v) is 16.3. The van der Waals surface area contributed by atoms with Crippen LogP contribution in [-0.2, 0) is 19.6 Å². The van der Waals surface area contributed by atoms with Gasteiger partial charge in [-0.05, 0) is 49.4 Å². The quantitative estimate of drug-likeness (QED) is 0.516. The van der Waals surface area contributed by atoms with E-state index in [9.17, 15) is 22.8 Å². The minimum Gasteiger partial charge on any atom is -0.329 e. The van der Waals surface area contributed by atoms with E-state index in [-0.39, 0.29) is 22.0 Å². The van der Waals surface area contributed by atoms with E-state index in [0.29, 0.717) is 23.3 Å². The fourth-order valence-electron chi connectivity index (χ4n) is 2.66. The lowest BCUT2D eigenvalue weighted by molar-refractivity contribution is -0.114. The molecule has 0 saturated heterocycles. The Balaban J connectivity index is 2.00. The summed E-state index contributed by atoms with van der Waals surface area (Å²) in [7, 11) is -4.10. The Kier molecular flexibility index (Phi) is 5.33. The molecular weight excluding hydrogens is 398 g/mol. The number of carbonyl (C=O) groups is 2. The van der Waals surface area contributed by atoms with Crippen LogP contribution in [0.2, 0.25) is 0 Å². The van der Waals surface area contributed by atoms with Gasteiger partial charge in [-0.25, -0.2) is 9.82 Å². The van der Waals surface area contributed by atoms with Crippen LogP contribution in [0.1, 0.15) is 12.7 Å². The number of hydrogen-bond donors (Lipinski definition) is 3. The molecule has 1 heterocycles. The Morgan fingerprint density at radius 1 is 1.10 bits per heavy atom. The highest BCUT2D eigenvalue weighted by molar-refractivity contribution is 7.92. The summed E-state index contributed by atoms with van der Waals surface area (Å²) in [6.07, 6.45) is 0.467. The van der Waals surface area contributed by atoms with Crippen molar-refractivity contribution in [1.29, 1.82) is 0 Å². The molecule has 0 spiro atoms. The molecule has 2 aromatic carbocycles. The van der Waals surface area contributed by atoms with Crippen molar-refractivity contribution < 1.29 is 18.0 Å². The molecule has 29 heavy (non-hydrogen) atoms. The number of rotatable bonds is 6. The molecule has 0 unspecified atom stereocenters. The topological polar surface area (TPSA) is 139 Å². The van der Waals surface area contributed by atoms with Crippen molar-refractivity contribution in [1.82, 2.24) is 9.66 Å². The molecule has 0 radical (unpaired) electrons. The lowest BCUT2D eigenvalue weighted by Crippen LogP contribution is -2.35. The fourth-order valence-corrected chi connectivity index (χ4v) is 3.71. The number of aromatic nitrogens is 2. The fraction of sp³-hybridized carbons (Fsp3) is 0.111. The zero-order valence-electron chi connectivity index (χ0n) is 15.5. The summed E-state index contributed by atoms with van der Waals surface area (Å²) in [4.78, 5) is 40.9. The maximum atomic E-state index is 12.8. The summed E-state index contributed by atoms with van der Waals surface area (Å²) in [5, 5.41) is 5.10. The van der Waals surface area contributed by atoms with Crippen molar-refractivity contribution in [3.05, 3.63) is 58.6 Å². The van der Waals surface area contributed by atoms with Gasteiger partial charge in [-0.1, -0.05) is 0 Å². The van der Waals surface area contributed by atoms with Gasteiger partial charge in [0.2, 0.25) is 12.3 Å². The smallest absolute Gasteiger partial charge is 0.280 e. The molecule has 0 fully saturated rings. The number of nitrogens with one attached hydrogen (secondary N) is 3. The zero-order chi connectivity index (χ0) is 21.2. The Morgan fingerprint density at radius 3 is 2.38 bits per heavy atom. The van der Waals surface area contributed by atoms with Crippen molar-refractivity contribution in [2.45, 2.75) is 18.7 Å². The van der Waals surface area contributed by atoms with Crippen LogP contribution in [0.15, 0.2) is 52.2 Å². The highest BCUT2D eigenvalue weighted by Gasteiger charge is 2.18. The molecule has 11 heteroatoms. The monoisotopic (exact) mass is 415 g/mol. The average Bonchev–Trinajstić information content (AvgIpc) is 2.66. The van der Waals surface area contributed by atoms with E-state index in [2.05, 4.69) is 20.4 Å². The van der Waals surface area contributed by atoms with Gasteiger partial charge in [0.1, 0.15) is 5.82 Å². The molecule has 0 atom stereocenters. The lowest BCUT2D eigenvalue weighted by atomic mass is 10.2. The number of hydrogen-bond acceptors (Lipinski definition) is 6. The van der Waals surface area contributed by atoms with E-state index < -0.39 is 15.6 Å². The predicted molar refractivity (Wildman–Crippen MR) is 108 cm³/mol. The molecule has 0 aliphatic carbocycles. The van der Waals surface area contributed by atoms with Crippen molar-refractivity contribution >= 4 is 44.6 Å². The predicted octanol–water partition coefficient (Wildman–Crippen LogP) is 1.16.